The average Bonchev–Trinajstić information content (AvgIpc) is 3.12. The number of benzene rings is 3. The van der Waals surface area contributed by atoms with Gasteiger partial charge in [0.1, 0.15) is 11.5 Å². The minimum absolute atomic E-state index is 0.0242. The van der Waals surface area contributed by atoms with Crippen molar-refractivity contribution in [3.8, 4) is 11.5 Å². The smallest absolute Gasteiger partial charge is 0.226 e. The quantitative estimate of drug-likeness (QED) is 0.683. The fourth-order valence-electron chi connectivity index (χ4n) is 3.33. The van der Waals surface area contributed by atoms with E-state index in [0.29, 0.717) is 6.42 Å². The average molecular weight is 358 g/mol. The van der Waals surface area contributed by atoms with E-state index in [1.165, 1.54) is 11.3 Å². The predicted molar refractivity (Wildman–Crippen MR) is 109 cm³/mol. The molecule has 0 aliphatic carbocycles. The molecule has 1 aliphatic rings. The fraction of sp³-hybridized carbons (Fsp3) is 0.174. The zero-order valence-electron chi connectivity index (χ0n) is 15.1. The van der Waals surface area contributed by atoms with Crippen molar-refractivity contribution in [2.45, 2.75) is 12.8 Å². The zero-order chi connectivity index (χ0) is 18.5. The third-order valence-corrected chi connectivity index (χ3v) is 4.71. The summed E-state index contributed by atoms with van der Waals surface area (Å²) in [7, 11) is 0. The van der Waals surface area contributed by atoms with E-state index in [2.05, 4.69) is 34.5 Å². The number of fused-ring (bicyclic) bond motifs is 1. The normalized spacial score (nSPS) is 12.5. The molecule has 0 atom stereocenters. The number of carbonyl (C=O) groups is 1. The molecule has 0 bridgehead atoms. The minimum Gasteiger partial charge on any atom is -0.457 e. The van der Waals surface area contributed by atoms with E-state index in [1.807, 2.05) is 54.6 Å². The van der Waals surface area contributed by atoms with Crippen LogP contribution in [0.1, 0.15) is 12.0 Å². The molecule has 0 aromatic heterocycles. The molecule has 0 radical (unpaired) electrons. The number of para-hydroxylation sites is 2. The van der Waals surface area contributed by atoms with Gasteiger partial charge >= 0.3 is 0 Å². The lowest BCUT2D eigenvalue weighted by Gasteiger charge is -2.19. The molecule has 1 aliphatic heterocycles. The maximum Gasteiger partial charge on any atom is 0.226 e. The van der Waals surface area contributed by atoms with Crippen molar-refractivity contribution >= 4 is 17.3 Å². The number of hydrogen-bond donors (Lipinski definition) is 1. The first-order chi connectivity index (χ1) is 13.3. The van der Waals surface area contributed by atoms with E-state index < -0.39 is 0 Å². The standard InChI is InChI=1S/C23H22N2O2/c26-23(15-17-25-16-14-18-6-4-5-9-22(18)25)24-19-10-12-21(13-11-19)27-20-7-2-1-3-8-20/h1-13H,14-17H2,(H,24,26). The highest BCUT2D eigenvalue weighted by Gasteiger charge is 2.18. The van der Waals surface area contributed by atoms with Crippen LogP contribution in [0.3, 0.4) is 0 Å². The van der Waals surface area contributed by atoms with Gasteiger partial charge in [-0.15, -0.1) is 0 Å². The Balaban J connectivity index is 1.28. The molecule has 0 saturated carbocycles. The van der Waals surface area contributed by atoms with Crippen molar-refractivity contribution in [1.82, 2.24) is 0 Å². The van der Waals surface area contributed by atoms with Crippen molar-refractivity contribution in [3.63, 3.8) is 0 Å². The number of carbonyl (C=O) groups excluding carboxylic acids is 1. The number of anilines is 2. The molecule has 136 valence electrons. The van der Waals surface area contributed by atoms with Crippen LogP contribution in [-0.2, 0) is 11.2 Å². The summed E-state index contributed by atoms with van der Waals surface area (Å²) in [6.45, 7) is 1.72. The topological polar surface area (TPSA) is 41.6 Å². The number of nitrogens with zero attached hydrogens (tertiary/aromatic N) is 1. The summed E-state index contributed by atoms with van der Waals surface area (Å²) < 4.78 is 5.77. The van der Waals surface area contributed by atoms with Gasteiger partial charge in [-0.3, -0.25) is 4.79 Å². The van der Waals surface area contributed by atoms with E-state index in [-0.39, 0.29) is 5.91 Å². The Morgan fingerprint density at radius 3 is 2.41 bits per heavy atom. The van der Waals surface area contributed by atoms with Crippen molar-refractivity contribution < 1.29 is 9.53 Å². The van der Waals surface area contributed by atoms with Gasteiger partial charge in [-0.1, -0.05) is 36.4 Å². The van der Waals surface area contributed by atoms with Crippen LogP contribution < -0.4 is 15.0 Å². The first-order valence-corrected chi connectivity index (χ1v) is 9.23. The van der Waals surface area contributed by atoms with E-state index in [1.54, 1.807) is 0 Å². The highest BCUT2D eigenvalue weighted by molar-refractivity contribution is 5.91. The first kappa shape index (κ1) is 17.2. The third-order valence-electron chi connectivity index (χ3n) is 4.71. The molecule has 27 heavy (non-hydrogen) atoms. The second-order valence-electron chi connectivity index (χ2n) is 6.60. The number of rotatable bonds is 6. The summed E-state index contributed by atoms with van der Waals surface area (Å²) in [5.74, 6) is 1.56. The number of nitrogens with one attached hydrogen (secondary N) is 1. The minimum atomic E-state index is 0.0242. The Labute approximate surface area is 159 Å². The molecule has 0 spiro atoms. The Bertz CT molecular complexity index is 907. The number of hydrogen-bond acceptors (Lipinski definition) is 3. The summed E-state index contributed by atoms with van der Waals surface area (Å²) in [6.07, 6.45) is 1.53. The number of amides is 1. The molecular formula is C23H22N2O2. The lowest BCUT2D eigenvalue weighted by atomic mass is 10.2. The second kappa shape index (κ2) is 7.96. The highest BCUT2D eigenvalue weighted by atomic mass is 16.5. The van der Waals surface area contributed by atoms with Gasteiger partial charge in [-0.25, -0.2) is 0 Å². The van der Waals surface area contributed by atoms with Crippen molar-refractivity contribution in [1.29, 1.82) is 0 Å². The fourth-order valence-corrected chi connectivity index (χ4v) is 3.33. The van der Waals surface area contributed by atoms with Gasteiger partial charge in [-0.05, 0) is 54.4 Å². The van der Waals surface area contributed by atoms with E-state index in [0.717, 1.165) is 36.7 Å². The highest BCUT2D eigenvalue weighted by Crippen LogP contribution is 2.27. The van der Waals surface area contributed by atoms with Crippen LogP contribution in [0.15, 0.2) is 78.9 Å². The summed E-state index contributed by atoms with van der Waals surface area (Å²) in [5.41, 5.74) is 3.40. The predicted octanol–water partition coefficient (Wildman–Crippen LogP) is 4.87. The SMILES string of the molecule is O=C(CCN1CCc2ccccc21)Nc1ccc(Oc2ccccc2)cc1. The lowest BCUT2D eigenvalue weighted by Crippen LogP contribution is -2.26. The van der Waals surface area contributed by atoms with Crippen LogP contribution >= 0.6 is 0 Å². The molecule has 1 heterocycles. The number of ether oxygens (including phenoxy) is 1. The summed E-state index contributed by atoms with van der Waals surface area (Å²) in [4.78, 5) is 14.6. The van der Waals surface area contributed by atoms with Crippen LogP contribution in [0.2, 0.25) is 0 Å². The zero-order valence-corrected chi connectivity index (χ0v) is 15.1. The van der Waals surface area contributed by atoms with Crippen molar-refractivity contribution in [2.24, 2.45) is 0 Å². The summed E-state index contributed by atoms with van der Waals surface area (Å²) >= 11 is 0. The van der Waals surface area contributed by atoms with Crippen LogP contribution in [0.5, 0.6) is 11.5 Å². The van der Waals surface area contributed by atoms with Gasteiger partial charge in [0.25, 0.3) is 0 Å². The third kappa shape index (κ3) is 4.29. The molecule has 4 heteroatoms. The van der Waals surface area contributed by atoms with E-state index in [9.17, 15) is 4.79 Å². The van der Waals surface area contributed by atoms with Crippen molar-refractivity contribution in [3.05, 3.63) is 84.4 Å². The maximum atomic E-state index is 12.3. The Kier molecular flexibility index (Phi) is 5.06. The first-order valence-electron chi connectivity index (χ1n) is 9.23. The van der Waals surface area contributed by atoms with Crippen LogP contribution in [-0.4, -0.2) is 19.0 Å². The van der Waals surface area contributed by atoms with Gasteiger partial charge < -0.3 is 15.0 Å². The van der Waals surface area contributed by atoms with Gasteiger partial charge in [0.2, 0.25) is 5.91 Å². The molecule has 4 rings (SSSR count). The van der Waals surface area contributed by atoms with Crippen molar-refractivity contribution in [2.75, 3.05) is 23.3 Å². The van der Waals surface area contributed by atoms with Gasteiger partial charge in [0, 0.05) is 30.9 Å². The molecule has 0 unspecified atom stereocenters. The van der Waals surface area contributed by atoms with Gasteiger partial charge in [-0.2, -0.15) is 0 Å². The van der Waals surface area contributed by atoms with E-state index >= 15 is 0 Å². The molecule has 0 fully saturated rings. The summed E-state index contributed by atoms with van der Waals surface area (Å²) in [6, 6.07) is 25.5. The summed E-state index contributed by atoms with van der Waals surface area (Å²) in [5, 5.41) is 2.96. The molecule has 0 saturated heterocycles. The van der Waals surface area contributed by atoms with Gasteiger partial charge in [0.05, 0.1) is 0 Å². The van der Waals surface area contributed by atoms with Crippen LogP contribution in [0.25, 0.3) is 0 Å². The molecular weight excluding hydrogens is 336 g/mol. The van der Waals surface area contributed by atoms with Crippen LogP contribution in [0, 0.1) is 0 Å². The Morgan fingerprint density at radius 2 is 1.59 bits per heavy atom. The Morgan fingerprint density at radius 1 is 0.889 bits per heavy atom. The maximum absolute atomic E-state index is 12.3. The van der Waals surface area contributed by atoms with Gasteiger partial charge in [0.15, 0.2) is 0 Å². The van der Waals surface area contributed by atoms with Crippen LogP contribution in [0.4, 0.5) is 11.4 Å². The molecule has 1 amide bonds. The lowest BCUT2D eigenvalue weighted by molar-refractivity contribution is -0.116. The molecule has 4 nitrogen and oxygen atoms in total. The largest absolute Gasteiger partial charge is 0.457 e. The molecule has 3 aromatic rings. The molecule has 3 aromatic carbocycles. The Hall–Kier alpha value is -3.27. The second-order valence-corrected chi connectivity index (χ2v) is 6.60. The monoisotopic (exact) mass is 358 g/mol. The van der Waals surface area contributed by atoms with E-state index in [4.69, 9.17) is 4.74 Å². The molecule has 1 N–H and O–H groups in total.